The first-order valence-electron chi connectivity index (χ1n) is 10.3. The van der Waals surface area contributed by atoms with Crippen LogP contribution in [0.1, 0.15) is 38.8 Å². The van der Waals surface area contributed by atoms with Crippen LogP contribution in [0.3, 0.4) is 0 Å². The van der Waals surface area contributed by atoms with Crippen LogP contribution >= 0.6 is 12.0 Å². The van der Waals surface area contributed by atoms with Gasteiger partial charge in [0.2, 0.25) is 0 Å². The number of amides is 2. The van der Waals surface area contributed by atoms with Crippen LogP contribution in [-0.4, -0.2) is 35.4 Å². The van der Waals surface area contributed by atoms with Crippen LogP contribution in [0.2, 0.25) is 0 Å². The topological polar surface area (TPSA) is 90.0 Å². The first-order chi connectivity index (χ1) is 16.0. The van der Waals surface area contributed by atoms with Gasteiger partial charge in [0.1, 0.15) is 17.3 Å². The summed E-state index contributed by atoms with van der Waals surface area (Å²) in [6, 6.07) is 14.1. The lowest BCUT2D eigenvalue weighted by molar-refractivity contribution is -0.160. The van der Waals surface area contributed by atoms with Crippen molar-refractivity contribution in [3.8, 4) is 11.5 Å². The summed E-state index contributed by atoms with van der Waals surface area (Å²) < 4.78 is 11.0. The van der Waals surface area contributed by atoms with E-state index in [-0.39, 0.29) is 11.8 Å². The normalized spacial score (nSPS) is 12.6. The van der Waals surface area contributed by atoms with E-state index in [1.54, 1.807) is 41.4 Å². The van der Waals surface area contributed by atoms with Crippen LogP contribution in [0.5, 0.6) is 11.5 Å². The van der Waals surface area contributed by atoms with Crippen molar-refractivity contribution >= 4 is 29.7 Å². The van der Waals surface area contributed by atoms with Gasteiger partial charge in [-0.05, 0) is 61.9 Å². The maximum Gasteiger partial charge on any atom is 0.256 e. The average Bonchev–Trinajstić information content (AvgIpc) is 3.16. The second kappa shape index (κ2) is 10.0. The monoisotopic (exact) mass is 465 g/mol. The summed E-state index contributed by atoms with van der Waals surface area (Å²) in [5.41, 5.74) is 2.54. The summed E-state index contributed by atoms with van der Waals surface area (Å²) >= 11 is 1.08. The minimum atomic E-state index is -0.370. The number of carbonyl (C=O) groups excluding carboxylic acids is 2. The Bertz CT molecular complexity index is 1170. The fraction of sp³-hybridized carbons (Fsp3) is 0.208. The molecule has 1 aliphatic rings. The fourth-order valence-electron chi connectivity index (χ4n) is 3.40. The Balaban J connectivity index is 1.63. The van der Waals surface area contributed by atoms with Gasteiger partial charge in [0.05, 0.1) is 25.7 Å². The van der Waals surface area contributed by atoms with Gasteiger partial charge >= 0.3 is 0 Å². The third kappa shape index (κ3) is 5.16. The van der Waals surface area contributed by atoms with Gasteiger partial charge in [-0.3, -0.25) is 9.59 Å². The SMILES string of the molecule is CCN1Cc2c(Oc3ccc(SOOC)cc3)cc(C(=O)Nc3ccc(C)cn3)cc2C1=O. The van der Waals surface area contributed by atoms with Crippen molar-refractivity contribution in [3.05, 3.63) is 77.0 Å². The van der Waals surface area contributed by atoms with E-state index in [1.165, 1.54) is 7.11 Å². The van der Waals surface area contributed by atoms with Crippen LogP contribution < -0.4 is 10.1 Å². The van der Waals surface area contributed by atoms with Gasteiger partial charge in [0, 0.05) is 34.3 Å². The Kier molecular flexibility index (Phi) is 6.93. The third-order valence-corrected chi connectivity index (χ3v) is 5.79. The quantitative estimate of drug-likeness (QED) is 0.285. The minimum Gasteiger partial charge on any atom is -0.457 e. The number of aryl methyl sites for hydroxylation is 1. The number of hydrogen-bond donors (Lipinski definition) is 1. The molecule has 2 amide bonds. The highest BCUT2D eigenvalue weighted by molar-refractivity contribution is 7.94. The third-order valence-electron chi connectivity index (χ3n) is 5.12. The van der Waals surface area contributed by atoms with E-state index in [4.69, 9.17) is 9.07 Å². The van der Waals surface area contributed by atoms with Crippen LogP contribution in [0, 0.1) is 6.92 Å². The number of rotatable bonds is 8. The maximum atomic E-state index is 12.9. The maximum absolute atomic E-state index is 12.9. The molecule has 3 aromatic rings. The van der Waals surface area contributed by atoms with Gasteiger partial charge in [0.25, 0.3) is 11.8 Å². The molecule has 0 spiro atoms. The first-order valence-corrected chi connectivity index (χ1v) is 11.1. The molecule has 1 N–H and O–H groups in total. The Morgan fingerprint density at radius 3 is 2.64 bits per heavy atom. The Hall–Kier alpha value is -3.40. The number of anilines is 1. The zero-order chi connectivity index (χ0) is 23.4. The molecule has 4 rings (SSSR count). The van der Waals surface area contributed by atoms with Crippen LogP contribution in [0.25, 0.3) is 0 Å². The molecule has 1 aliphatic heterocycles. The molecular formula is C24H23N3O5S. The van der Waals surface area contributed by atoms with E-state index >= 15 is 0 Å². The molecule has 2 heterocycles. The van der Waals surface area contributed by atoms with Gasteiger partial charge in [-0.15, -0.1) is 0 Å². The molecule has 0 unspecified atom stereocenters. The summed E-state index contributed by atoms with van der Waals surface area (Å²) in [5, 5.41) is 2.78. The van der Waals surface area contributed by atoms with Gasteiger partial charge in [0.15, 0.2) is 0 Å². The van der Waals surface area contributed by atoms with E-state index in [0.29, 0.717) is 41.5 Å². The van der Waals surface area contributed by atoms with Crippen molar-refractivity contribution in [2.45, 2.75) is 25.3 Å². The van der Waals surface area contributed by atoms with Crippen LogP contribution in [0.4, 0.5) is 5.82 Å². The summed E-state index contributed by atoms with van der Waals surface area (Å²) in [4.78, 5) is 37.1. The number of nitrogens with zero attached hydrogens (tertiary/aromatic N) is 2. The second-order valence-electron chi connectivity index (χ2n) is 7.39. The number of pyridine rings is 1. The van der Waals surface area contributed by atoms with E-state index in [0.717, 1.165) is 28.1 Å². The lowest BCUT2D eigenvalue weighted by Gasteiger charge is -2.13. The van der Waals surface area contributed by atoms with Crippen LogP contribution in [0.15, 0.2) is 59.6 Å². The summed E-state index contributed by atoms with van der Waals surface area (Å²) in [6.45, 7) is 4.83. The fourth-order valence-corrected chi connectivity index (χ4v) is 3.80. The molecule has 170 valence electrons. The highest BCUT2D eigenvalue weighted by Crippen LogP contribution is 2.36. The zero-order valence-electron chi connectivity index (χ0n) is 18.5. The number of carbonyl (C=O) groups is 2. The van der Waals surface area contributed by atoms with Crippen LogP contribution in [-0.2, 0) is 15.8 Å². The number of hydrogen-bond acceptors (Lipinski definition) is 7. The van der Waals surface area contributed by atoms with Crippen molar-refractivity contribution in [2.24, 2.45) is 0 Å². The standard InChI is InChI=1S/C24H23N3O5S/c1-4-27-14-20-19(24(27)29)11-16(23(28)26-22-10-5-15(2)13-25-22)12-21(20)31-17-6-8-18(9-7-17)33-32-30-3/h5-13H,4,14H2,1-3H3,(H,25,26,28). The molecular weight excluding hydrogens is 442 g/mol. The van der Waals surface area contributed by atoms with Crippen molar-refractivity contribution < 1.29 is 23.5 Å². The Morgan fingerprint density at radius 2 is 1.97 bits per heavy atom. The summed E-state index contributed by atoms with van der Waals surface area (Å²) in [5.74, 6) is 0.974. The number of fused-ring (bicyclic) bond motifs is 1. The predicted molar refractivity (Wildman–Crippen MR) is 124 cm³/mol. The average molecular weight is 466 g/mol. The zero-order valence-corrected chi connectivity index (χ0v) is 19.3. The lowest BCUT2D eigenvalue weighted by atomic mass is 10.0. The molecule has 9 heteroatoms. The van der Waals surface area contributed by atoms with Crippen molar-refractivity contribution in [1.82, 2.24) is 9.88 Å². The highest BCUT2D eigenvalue weighted by Gasteiger charge is 2.31. The second-order valence-corrected chi connectivity index (χ2v) is 8.16. The molecule has 2 aromatic carbocycles. The number of benzene rings is 2. The molecule has 0 bridgehead atoms. The molecule has 1 aromatic heterocycles. The van der Waals surface area contributed by atoms with E-state index < -0.39 is 0 Å². The van der Waals surface area contributed by atoms with Gasteiger partial charge < -0.3 is 15.0 Å². The number of nitrogens with one attached hydrogen (secondary N) is 1. The molecule has 0 atom stereocenters. The molecule has 0 saturated carbocycles. The smallest absolute Gasteiger partial charge is 0.256 e. The number of ether oxygens (including phenoxy) is 1. The summed E-state index contributed by atoms with van der Waals surface area (Å²) in [6.07, 6.45) is 1.68. The molecule has 33 heavy (non-hydrogen) atoms. The largest absolute Gasteiger partial charge is 0.457 e. The Morgan fingerprint density at radius 1 is 1.18 bits per heavy atom. The summed E-state index contributed by atoms with van der Waals surface area (Å²) in [7, 11) is 1.43. The Labute approximate surface area is 196 Å². The number of aromatic nitrogens is 1. The van der Waals surface area contributed by atoms with E-state index in [2.05, 4.69) is 15.2 Å². The lowest BCUT2D eigenvalue weighted by Crippen LogP contribution is -2.23. The van der Waals surface area contributed by atoms with Gasteiger partial charge in [-0.25, -0.2) is 9.87 Å². The van der Waals surface area contributed by atoms with Crippen molar-refractivity contribution in [2.75, 3.05) is 19.0 Å². The minimum absolute atomic E-state index is 0.121. The van der Waals surface area contributed by atoms with E-state index in [1.807, 2.05) is 32.0 Å². The highest BCUT2D eigenvalue weighted by atomic mass is 32.2. The molecule has 0 fully saturated rings. The van der Waals surface area contributed by atoms with Crippen molar-refractivity contribution in [3.63, 3.8) is 0 Å². The van der Waals surface area contributed by atoms with Crippen molar-refractivity contribution in [1.29, 1.82) is 0 Å². The molecule has 8 nitrogen and oxygen atoms in total. The van der Waals surface area contributed by atoms with Gasteiger partial charge in [-0.1, -0.05) is 6.07 Å². The molecule has 0 aliphatic carbocycles. The molecule has 0 saturated heterocycles. The van der Waals surface area contributed by atoms with Gasteiger partial charge in [-0.2, -0.15) is 4.33 Å². The predicted octanol–water partition coefficient (Wildman–Crippen LogP) is 5.00. The van der Waals surface area contributed by atoms with E-state index in [9.17, 15) is 9.59 Å². The molecule has 0 radical (unpaired) electrons. The first kappa shape index (κ1) is 22.8.